The molecule has 0 heterocycles. The number of rotatable bonds is 8. The predicted octanol–water partition coefficient (Wildman–Crippen LogP) is -1.23. The summed E-state index contributed by atoms with van der Waals surface area (Å²) in [5, 5.41) is 10.9. The van der Waals surface area contributed by atoms with Crippen molar-refractivity contribution in [3.05, 3.63) is 12.2 Å². The maximum Gasteiger partial charge on any atom is 0.328 e. The Morgan fingerprint density at radius 2 is 2.00 bits per heavy atom. The molecule has 0 spiro atoms. The van der Waals surface area contributed by atoms with Gasteiger partial charge in [0.15, 0.2) is 0 Å². The van der Waals surface area contributed by atoms with Gasteiger partial charge in [-0.1, -0.05) is 6.08 Å². The predicted molar refractivity (Wildman–Crippen MR) is 65.7 cm³/mol. The third kappa shape index (κ3) is 7.53. The van der Waals surface area contributed by atoms with E-state index in [1.165, 1.54) is 6.08 Å². The minimum atomic E-state index is -1.10. The van der Waals surface area contributed by atoms with Gasteiger partial charge in [-0.05, 0) is 13.5 Å². The second-order valence-electron chi connectivity index (χ2n) is 3.88. The van der Waals surface area contributed by atoms with Gasteiger partial charge in [-0.3, -0.25) is 9.59 Å². The molecule has 2 atom stereocenters. The van der Waals surface area contributed by atoms with Crippen molar-refractivity contribution in [2.45, 2.75) is 31.8 Å². The number of hydrogen-bond donors (Lipinski definition) is 4. The van der Waals surface area contributed by atoms with E-state index in [1.807, 2.05) is 0 Å². The highest BCUT2D eigenvalue weighted by Gasteiger charge is 2.17. The molecular formula is C11H19N3O4. The average Bonchev–Trinajstić information content (AvgIpc) is 2.26. The Morgan fingerprint density at radius 3 is 2.50 bits per heavy atom. The highest BCUT2D eigenvalue weighted by atomic mass is 16.4. The van der Waals surface area contributed by atoms with Gasteiger partial charge in [0.1, 0.15) is 5.78 Å². The lowest BCUT2D eigenvalue weighted by Gasteiger charge is -2.14. The van der Waals surface area contributed by atoms with E-state index in [0.717, 1.165) is 6.08 Å². The topological polar surface area (TPSA) is 136 Å². The average molecular weight is 257 g/mol. The van der Waals surface area contributed by atoms with Gasteiger partial charge in [0.25, 0.3) is 0 Å². The Hall–Kier alpha value is -1.73. The molecule has 0 rings (SSSR count). The maximum atomic E-state index is 11.5. The number of carbonyl (C=O) groups excluding carboxylic acids is 2. The van der Waals surface area contributed by atoms with Crippen molar-refractivity contribution < 1.29 is 19.5 Å². The maximum absolute atomic E-state index is 11.5. The minimum Gasteiger partial charge on any atom is -0.478 e. The van der Waals surface area contributed by atoms with Crippen molar-refractivity contribution in [3.63, 3.8) is 0 Å². The van der Waals surface area contributed by atoms with E-state index in [4.69, 9.17) is 16.6 Å². The van der Waals surface area contributed by atoms with E-state index in [9.17, 15) is 14.4 Å². The molecule has 0 aromatic rings. The van der Waals surface area contributed by atoms with Crippen molar-refractivity contribution in [1.82, 2.24) is 5.32 Å². The molecule has 2 unspecified atom stereocenters. The number of nitrogens with two attached hydrogens (primary N) is 2. The Morgan fingerprint density at radius 1 is 1.39 bits per heavy atom. The monoisotopic (exact) mass is 257 g/mol. The van der Waals surface area contributed by atoms with Crippen LogP contribution in [-0.2, 0) is 14.4 Å². The van der Waals surface area contributed by atoms with Crippen molar-refractivity contribution in [1.29, 1.82) is 0 Å². The van der Waals surface area contributed by atoms with Gasteiger partial charge >= 0.3 is 5.97 Å². The molecule has 1 amide bonds. The molecule has 18 heavy (non-hydrogen) atoms. The van der Waals surface area contributed by atoms with E-state index in [0.29, 0.717) is 0 Å². The fraction of sp³-hybridized carbons (Fsp3) is 0.545. The fourth-order valence-corrected chi connectivity index (χ4v) is 1.21. The highest BCUT2D eigenvalue weighted by Crippen LogP contribution is 1.95. The lowest BCUT2D eigenvalue weighted by Crippen LogP contribution is -2.45. The first-order valence-electron chi connectivity index (χ1n) is 5.55. The Labute approximate surface area is 105 Å². The SMILES string of the molecule is CC(/C=C/C(=O)O)NC(=O)C(N)CC(=O)CCN. The second kappa shape index (κ2) is 8.37. The second-order valence-corrected chi connectivity index (χ2v) is 3.88. The summed E-state index contributed by atoms with van der Waals surface area (Å²) in [6, 6.07) is -1.41. The summed E-state index contributed by atoms with van der Waals surface area (Å²) in [6.45, 7) is 1.83. The van der Waals surface area contributed by atoms with Gasteiger partial charge in [-0.2, -0.15) is 0 Å². The largest absolute Gasteiger partial charge is 0.478 e. The van der Waals surface area contributed by atoms with Crippen LogP contribution in [0.15, 0.2) is 12.2 Å². The number of Topliss-reactive ketones (excluding diaryl/α,β-unsaturated/α-hetero) is 1. The first kappa shape index (κ1) is 16.3. The fourth-order valence-electron chi connectivity index (χ4n) is 1.21. The third-order valence-electron chi connectivity index (χ3n) is 2.10. The summed E-state index contributed by atoms with van der Waals surface area (Å²) < 4.78 is 0. The number of hydrogen-bond acceptors (Lipinski definition) is 5. The van der Waals surface area contributed by atoms with Crippen LogP contribution >= 0.6 is 0 Å². The van der Waals surface area contributed by atoms with Crippen LogP contribution in [-0.4, -0.2) is 41.4 Å². The molecule has 0 fully saturated rings. The number of carboxylic acid groups (broad SMARTS) is 1. The Balaban J connectivity index is 4.15. The van der Waals surface area contributed by atoms with E-state index < -0.39 is 24.0 Å². The number of nitrogens with one attached hydrogen (secondary N) is 1. The Bertz CT molecular complexity index is 341. The summed E-state index contributed by atoms with van der Waals surface area (Å²) >= 11 is 0. The first-order chi connectivity index (χ1) is 8.36. The molecule has 7 nitrogen and oxygen atoms in total. The van der Waals surface area contributed by atoms with Gasteiger partial charge in [-0.15, -0.1) is 0 Å². The van der Waals surface area contributed by atoms with Crippen molar-refractivity contribution in [3.8, 4) is 0 Å². The van der Waals surface area contributed by atoms with Gasteiger partial charge in [-0.25, -0.2) is 4.79 Å². The molecule has 6 N–H and O–H groups in total. The summed E-state index contributed by atoms with van der Waals surface area (Å²) in [4.78, 5) is 33.0. The summed E-state index contributed by atoms with van der Waals surface area (Å²) in [7, 11) is 0. The van der Waals surface area contributed by atoms with Crippen LogP contribution < -0.4 is 16.8 Å². The number of aliphatic carboxylic acids is 1. The number of carbonyl (C=O) groups is 3. The van der Waals surface area contributed by atoms with Crippen LogP contribution in [0.5, 0.6) is 0 Å². The van der Waals surface area contributed by atoms with Crippen molar-refractivity contribution in [2.75, 3.05) is 6.54 Å². The minimum absolute atomic E-state index is 0.0710. The highest BCUT2D eigenvalue weighted by molar-refractivity contribution is 5.89. The third-order valence-corrected chi connectivity index (χ3v) is 2.10. The quantitative estimate of drug-likeness (QED) is 0.402. The lowest BCUT2D eigenvalue weighted by atomic mass is 10.1. The summed E-state index contributed by atoms with van der Waals surface area (Å²) in [6.07, 6.45) is 2.36. The zero-order chi connectivity index (χ0) is 14.1. The van der Waals surface area contributed by atoms with Gasteiger partial charge in [0.2, 0.25) is 5.91 Å². The number of amides is 1. The smallest absolute Gasteiger partial charge is 0.328 e. The zero-order valence-electron chi connectivity index (χ0n) is 10.3. The van der Waals surface area contributed by atoms with Gasteiger partial charge in [0, 0.05) is 25.0 Å². The van der Waals surface area contributed by atoms with Crippen LogP contribution in [0, 0.1) is 0 Å². The molecule has 102 valence electrons. The van der Waals surface area contributed by atoms with Crippen molar-refractivity contribution >= 4 is 17.7 Å². The van der Waals surface area contributed by atoms with E-state index >= 15 is 0 Å². The van der Waals surface area contributed by atoms with E-state index in [-0.39, 0.29) is 25.2 Å². The molecular weight excluding hydrogens is 238 g/mol. The van der Waals surface area contributed by atoms with Crippen LogP contribution in [0.1, 0.15) is 19.8 Å². The van der Waals surface area contributed by atoms with Crippen molar-refractivity contribution in [2.24, 2.45) is 11.5 Å². The molecule has 0 saturated heterocycles. The normalized spacial score (nSPS) is 14.2. The van der Waals surface area contributed by atoms with Crippen LogP contribution in [0.4, 0.5) is 0 Å². The lowest BCUT2D eigenvalue weighted by molar-refractivity contribution is -0.131. The van der Waals surface area contributed by atoms with Crippen LogP contribution in [0.25, 0.3) is 0 Å². The molecule has 0 aliphatic rings. The Kier molecular flexibility index (Phi) is 7.57. The van der Waals surface area contributed by atoms with E-state index in [2.05, 4.69) is 5.32 Å². The van der Waals surface area contributed by atoms with E-state index in [1.54, 1.807) is 6.92 Å². The molecule has 0 aromatic heterocycles. The zero-order valence-corrected chi connectivity index (χ0v) is 10.3. The molecule has 0 aliphatic carbocycles. The van der Waals surface area contributed by atoms with Crippen LogP contribution in [0.3, 0.4) is 0 Å². The summed E-state index contributed by atoms with van der Waals surface area (Å²) in [5.41, 5.74) is 10.7. The molecule has 0 aliphatic heterocycles. The first-order valence-corrected chi connectivity index (χ1v) is 5.55. The molecule has 0 radical (unpaired) electrons. The number of carboxylic acids is 1. The summed E-state index contributed by atoms with van der Waals surface area (Å²) in [5.74, 6) is -1.77. The van der Waals surface area contributed by atoms with Gasteiger partial charge < -0.3 is 21.9 Å². The molecule has 7 heteroatoms. The molecule has 0 bridgehead atoms. The van der Waals surface area contributed by atoms with Crippen LogP contribution in [0.2, 0.25) is 0 Å². The molecule has 0 aromatic carbocycles. The molecule has 0 saturated carbocycles. The number of ketones is 1. The standard InChI is InChI=1S/C11H19N3O4/c1-7(2-3-10(16)17)14-11(18)9(13)6-8(15)4-5-12/h2-3,7,9H,4-6,12-13H2,1H3,(H,14,18)(H,16,17)/b3-2+. The van der Waals surface area contributed by atoms with Gasteiger partial charge in [0.05, 0.1) is 6.04 Å².